The first-order chi connectivity index (χ1) is 8.63. The molecule has 18 heavy (non-hydrogen) atoms. The van der Waals surface area contributed by atoms with Gasteiger partial charge in [-0.25, -0.2) is 0 Å². The lowest BCUT2D eigenvalue weighted by Crippen LogP contribution is -2.07. The van der Waals surface area contributed by atoms with Crippen LogP contribution in [0.5, 0.6) is 0 Å². The molecule has 3 nitrogen and oxygen atoms in total. The topological polar surface area (TPSA) is 37.8 Å². The third-order valence-electron chi connectivity index (χ3n) is 3.23. The number of nitrogens with zero attached hydrogens (tertiary/aromatic N) is 1. The van der Waals surface area contributed by atoms with Crippen LogP contribution in [0, 0.1) is 13.8 Å². The Morgan fingerprint density at radius 1 is 1.28 bits per heavy atom. The molecular formula is C15H20N2O. The Balaban J connectivity index is 2.51. The number of aryl methyl sites for hydroxylation is 2. The van der Waals surface area contributed by atoms with Crippen LogP contribution < -0.4 is 5.56 Å². The summed E-state index contributed by atoms with van der Waals surface area (Å²) in [5.41, 5.74) is 4.17. The van der Waals surface area contributed by atoms with Gasteiger partial charge in [0, 0.05) is 17.7 Å². The molecule has 0 bridgehead atoms. The van der Waals surface area contributed by atoms with Crippen LogP contribution in [0.2, 0.25) is 0 Å². The highest BCUT2D eigenvalue weighted by Gasteiger charge is 2.12. The molecule has 2 rings (SSSR count). The molecule has 0 atom stereocenters. The van der Waals surface area contributed by atoms with E-state index < -0.39 is 0 Å². The predicted octanol–water partition coefficient (Wildman–Crippen LogP) is 3.26. The van der Waals surface area contributed by atoms with Gasteiger partial charge in [-0.15, -0.1) is 0 Å². The van der Waals surface area contributed by atoms with E-state index in [-0.39, 0.29) is 5.56 Å². The van der Waals surface area contributed by atoms with Gasteiger partial charge >= 0.3 is 0 Å². The molecule has 0 unspecified atom stereocenters. The molecule has 0 saturated heterocycles. The van der Waals surface area contributed by atoms with Crippen molar-refractivity contribution in [2.45, 2.75) is 40.2 Å². The molecule has 1 heterocycles. The Hall–Kier alpha value is -1.77. The first-order valence-electron chi connectivity index (χ1n) is 6.50. The van der Waals surface area contributed by atoms with Gasteiger partial charge in [-0.05, 0) is 26.3 Å². The van der Waals surface area contributed by atoms with E-state index in [1.54, 1.807) is 0 Å². The number of unbranched alkanes of at least 4 members (excludes halogenated alkanes) is 1. The number of benzene rings is 1. The summed E-state index contributed by atoms with van der Waals surface area (Å²) in [7, 11) is 0. The maximum atomic E-state index is 11.8. The molecule has 0 aliphatic heterocycles. The van der Waals surface area contributed by atoms with Crippen molar-refractivity contribution in [2.24, 2.45) is 0 Å². The maximum Gasteiger partial charge on any atom is 0.267 e. The van der Waals surface area contributed by atoms with E-state index in [9.17, 15) is 4.79 Å². The van der Waals surface area contributed by atoms with E-state index in [4.69, 9.17) is 0 Å². The lowest BCUT2D eigenvalue weighted by molar-refractivity contribution is 0.573. The Kier molecular flexibility index (Phi) is 3.70. The average molecular weight is 244 g/mol. The summed E-state index contributed by atoms with van der Waals surface area (Å²) in [6.07, 6.45) is 2.19. The molecule has 0 saturated carbocycles. The van der Waals surface area contributed by atoms with Crippen molar-refractivity contribution in [1.82, 2.24) is 9.78 Å². The largest absolute Gasteiger partial charge is 0.284 e. The Morgan fingerprint density at radius 2 is 2.06 bits per heavy atom. The minimum atomic E-state index is 0.0163. The van der Waals surface area contributed by atoms with E-state index >= 15 is 0 Å². The van der Waals surface area contributed by atoms with Crippen molar-refractivity contribution in [1.29, 1.82) is 0 Å². The van der Waals surface area contributed by atoms with Crippen LogP contribution in [0.15, 0.2) is 29.1 Å². The van der Waals surface area contributed by atoms with Crippen LogP contribution in [0.3, 0.4) is 0 Å². The fourth-order valence-corrected chi connectivity index (χ4v) is 2.22. The highest BCUT2D eigenvalue weighted by molar-refractivity contribution is 5.63. The number of hydrogen-bond acceptors (Lipinski definition) is 1. The lowest BCUT2D eigenvalue weighted by Gasteiger charge is -2.09. The second kappa shape index (κ2) is 5.25. The summed E-state index contributed by atoms with van der Waals surface area (Å²) in [6, 6.07) is 8.29. The van der Waals surface area contributed by atoms with E-state index in [0.29, 0.717) is 0 Å². The second-order valence-electron chi connectivity index (χ2n) is 4.79. The van der Waals surface area contributed by atoms with Crippen LogP contribution in [0.1, 0.15) is 30.9 Å². The fraction of sp³-hybridized carbons (Fsp3) is 0.400. The first-order valence-corrected chi connectivity index (χ1v) is 6.50. The van der Waals surface area contributed by atoms with Crippen LogP contribution in [0.25, 0.3) is 11.3 Å². The highest BCUT2D eigenvalue weighted by atomic mass is 16.1. The zero-order valence-electron chi connectivity index (χ0n) is 11.3. The van der Waals surface area contributed by atoms with Gasteiger partial charge in [0.25, 0.3) is 5.56 Å². The monoisotopic (exact) mass is 244 g/mol. The summed E-state index contributed by atoms with van der Waals surface area (Å²) in [5.74, 6) is 0. The first kappa shape index (κ1) is 12.7. The zero-order chi connectivity index (χ0) is 13.1. The summed E-state index contributed by atoms with van der Waals surface area (Å²) in [5, 5.41) is 2.93. The van der Waals surface area contributed by atoms with E-state index in [1.165, 1.54) is 5.56 Å². The highest BCUT2D eigenvalue weighted by Crippen LogP contribution is 2.22. The minimum Gasteiger partial charge on any atom is -0.284 e. The number of rotatable bonds is 4. The van der Waals surface area contributed by atoms with Gasteiger partial charge in [0.2, 0.25) is 0 Å². The molecule has 1 aromatic carbocycles. The van der Waals surface area contributed by atoms with Crippen molar-refractivity contribution >= 4 is 0 Å². The van der Waals surface area contributed by atoms with Crippen molar-refractivity contribution in [3.63, 3.8) is 0 Å². The summed E-state index contributed by atoms with van der Waals surface area (Å²) in [6.45, 7) is 6.97. The predicted molar refractivity (Wildman–Crippen MR) is 74.9 cm³/mol. The Morgan fingerprint density at radius 3 is 2.72 bits per heavy atom. The van der Waals surface area contributed by atoms with Crippen LogP contribution in [0.4, 0.5) is 0 Å². The van der Waals surface area contributed by atoms with E-state index in [1.807, 2.05) is 17.7 Å². The molecular weight excluding hydrogens is 224 g/mol. The van der Waals surface area contributed by atoms with Gasteiger partial charge in [-0.3, -0.25) is 14.6 Å². The lowest BCUT2D eigenvalue weighted by atomic mass is 10.1. The molecule has 96 valence electrons. The van der Waals surface area contributed by atoms with Gasteiger partial charge in [0.05, 0.1) is 5.69 Å². The minimum absolute atomic E-state index is 0.0163. The van der Waals surface area contributed by atoms with Crippen molar-refractivity contribution in [2.75, 3.05) is 0 Å². The molecule has 0 fully saturated rings. The molecule has 0 aliphatic carbocycles. The fourth-order valence-electron chi connectivity index (χ4n) is 2.22. The van der Waals surface area contributed by atoms with Gasteiger partial charge in [0.1, 0.15) is 0 Å². The molecule has 1 N–H and O–H groups in total. The van der Waals surface area contributed by atoms with Crippen LogP contribution in [-0.2, 0) is 6.54 Å². The number of aromatic nitrogens is 2. The van der Waals surface area contributed by atoms with Gasteiger partial charge in [-0.2, -0.15) is 0 Å². The smallest absolute Gasteiger partial charge is 0.267 e. The average Bonchev–Trinajstić information content (AvgIpc) is 2.62. The van der Waals surface area contributed by atoms with Crippen LogP contribution >= 0.6 is 0 Å². The number of H-pyrrole nitrogens is 1. The van der Waals surface area contributed by atoms with E-state index in [2.05, 4.69) is 37.1 Å². The third-order valence-corrected chi connectivity index (χ3v) is 3.23. The third kappa shape index (κ3) is 2.40. The van der Waals surface area contributed by atoms with Crippen molar-refractivity contribution < 1.29 is 0 Å². The second-order valence-corrected chi connectivity index (χ2v) is 4.79. The molecule has 0 radical (unpaired) electrons. The van der Waals surface area contributed by atoms with Crippen molar-refractivity contribution in [3.8, 4) is 11.3 Å². The quantitative estimate of drug-likeness (QED) is 0.880. The summed E-state index contributed by atoms with van der Waals surface area (Å²) in [4.78, 5) is 11.8. The molecule has 3 heteroatoms. The van der Waals surface area contributed by atoms with E-state index in [0.717, 1.165) is 36.2 Å². The van der Waals surface area contributed by atoms with Crippen LogP contribution in [-0.4, -0.2) is 9.78 Å². The summed E-state index contributed by atoms with van der Waals surface area (Å²) < 4.78 is 1.98. The van der Waals surface area contributed by atoms with Gasteiger partial charge < -0.3 is 0 Å². The SMILES string of the molecule is CCCCn1[nH]c(=O)c(C)c1-c1cccc(C)c1. The molecule has 0 aliphatic rings. The normalized spacial score (nSPS) is 10.8. The van der Waals surface area contributed by atoms with Gasteiger partial charge in [-0.1, -0.05) is 37.1 Å². The molecule has 0 spiro atoms. The zero-order valence-corrected chi connectivity index (χ0v) is 11.3. The standard InChI is InChI=1S/C15H20N2O/c1-4-5-9-17-14(12(3)15(18)16-17)13-8-6-7-11(2)10-13/h6-8,10H,4-5,9H2,1-3H3,(H,16,18). The summed E-state index contributed by atoms with van der Waals surface area (Å²) >= 11 is 0. The molecule has 1 aromatic heterocycles. The Labute approximate surface area is 107 Å². The number of aromatic amines is 1. The van der Waals surface area contributed by atoms with Gasteiger partial charge in [0.15, 0.2) is 0 Å². The molecule has 0 amide bonds. The number of nitrogens with one attached hydrogen (secondary N) is 1. The Bertz CT molecular complexity index is 593. The van der Waals surface area contributed by atoms with Crippen molar-refractivity contribution in [3.05, 3.63) is 45.7 Å². The number of hydrogen-bond donors (Lipinski definition) is 1. The molecule has 2 aromatic rings. The maximum absolute atomic E-state index is 11.8.